The van der Waals surface area contributed by atoms with Gasteiger partial charge in [0.15, 0.2) is 0 Å². The van der Waals surface area contributed by atoms with Crippen LogP contribution in [0.2, 0.25) is 0 Å². The molecule has 0 spiro atoms. The average Bonchev–Trinajstić information content (AvgIpc) is 2.76. The Morgan fingerprint density at radius 2 is 2.11 bits per heavy atom. The maximum atomic E-state index is 3.60. The number of nitrogens with one attached hydrogen (secondary N) is 1. The highest BCUT2D eigenvalue weighted by molar-refractivity contribution is 7.98. The Labute approximate surface area is 118 Å². The normalized spacial score (nSPS) is 21.0. The zero-order chi connectivity index (χ0) is 13.2. The van der Waals surface area contributed by atoms with Crippen molar-refractivity contribution >= 4 is 11.8 Å². The zero-order valence-electron chi connectivity index (χ0n) is 12.6. The molecule has 3 heteroatoms. The average molecular weight is 273 g/mol. The molecule has 0 saturated carbocycles. The SMILES string of the molecule is CSCCCCCN1CCC(CNCC(C)C)C1. The van der Waals surface area contributed by atoms with E-state index < -0.39 is 0 Å². The number of rotatable bonds is 10. The molecular formula is C15H32N2S. The summed E-state index contributed by atoms with van der Waals surface area (Å²) in [6.45, 7) is 10.9. The van der Waals surface area contributed by atoms with Crippen molar-refractivity contribution in [2.45, 2.75) is 39.5 Å². The quantitative estimate of drug-likeness (QED) is 0.615. The molecule has 1 N–H and O–H groups in total. The van der Waals surface area contributed by atoms with Gasteiger partial charge in [0.2, 0.25) is 0 Å². The van der Waals surface area contributed by atoms with Crippen LogP contribution in [0.5, 0.6) is 0 Å². The highest BCUT2D eigenvalue weighted by Gasteiger charge is 2.21. The Kier molecular flexibility index (Phi) is 9.16. The third-order valence-corrected chi connectivity index (χ3v) is 4.38. The first-order valence-corrected chi connectivity index (χ1v) is 9.03. The summed E-state index contributed by atoms with van der Waals surface area (Å²) in [5.74, 6) is 3.01. The van der Waals surface area contributed by atoms with Crippen LogP contribution in [0, 0.1) is 11.8 Å². The molecule has 0 aromatic rings. The van der Waals surface area contributed by atoms with E-state index in [-0.39, 0.29) is 0 Å². The molecule has 2 nitrogen and oxygen atoms in total. The molecule has 1 unspecified atom stereocenters. The van der Waals surface area contributed by atoms with E-state index in [1.54, 1.807) is 0 Å². The molecule has 1 aliphatic rings. The van der Waals surface area contributed by atoms with E-state index in [0.717, 1.165) is 11.8 Å². The Morgan fingerprint density at radius 1 is 1.28 bits per heavy atom. The van der Waals surface area contributed by atoms with Gasteiger partial charge in [-0.3, -0.25) is 0 Å². The van der Waals surface area contributed by atoms with Crippen LogP contribution >= 0.6 is 11.8 Å². The van der Waals surface area contributed by atoms with Crippen LogP contribution in [-0.2, 0) is 0 Å². The molecule has 1 fully saturated rings. The van der Waals surface area contributed by atoms with E-state index in [0.29, 0.717) is 0 Å². The van der Waals surface area contributed by atoms with Crippen LogP contribution in [-0.4, -0.2) is 49.6 Å². The van der Waals surface area contributed by atoms with E-state index in [4.69, 9.17) is 0 Å². The fraction of sp³-hybridized carbons (Fsp3) is 1.00. The standard InChI is InChI=1S/C15H32N2S/c1-14(2)11-16-12-15-7-9-17(13-15)8-5-4-6-10-18-3/h14-16H,4-13H2,1-3H3. The number of hydrogen-bond acceptors (Lipinski definition) is 3. The van der Waals surface area contributed by atoms with Gasteiger partial charge in [-0.15, -0.1) is 0 Å². The van der Waals surface area contributed by atoms with Crippen molar-refractivity contribution in [2.75, 3.05) is 44.7 Å². The van der Waals surface area contributed by atoms with Gasteiger partial charge in [-0.05, 0) is 69.3 Å². The summed E-state index contributed by atoms with van der Waals surface area (Å²) in [6, 6.07) is 0. The smallest absolute Gasteiger partial charge is 0.00223 e. The first-order chi connectivity index (χ1) is 8.72. The van der Waals surface area contributed by atoms with Crippen molar-refractivity contribution in [1.82, 2.24) is 10.2 Å². The Hall–Kier alpha value is 0.270. The maximum absolute atomic E-state index is 3.60. The molecule has 0 aliphatic carbocycles. The van der Waals surface area contributed by atoms with E-state index in [1.165, 1.54) is 64.2 Å². The van der Waals surface area contributed by atoms with Gasteiger partial charge in [-0.1, -0.05) is 20.3 Å². The molecule has 0 radical (unpaired) electrons. The molecule has 0 bridgehead atoms. The van der Waals surface area contributed by atoms with Crippen LogP contribution < -0.4 is 5.32 Å². The molecule has 108 valence electrons. The van der Waals surface area contributed by atoms with Crippen LogP contribution in [0.1, 0.15) is 39.5 Å². The molecule has 1 saturated heterocycles. The lowest BCUT2D eigenvalue weighted by molar-refractivity contribution is 0.313. The van der Waals surface area contributed by atoms with Gasteiger partial charge in [0.05, 0.1) is 0 Å². The summed E-state index contributed by atoms with van der Waals surface area (Å²) in [7, 11) is 0. The van der Waals surface area contributed by atoms with Crippen LogP contribution in [0.4, 0.5) is 0 Å². The van der Waals surface area contributed by atoms with Crippen molar-refractivity contribution in [3.8, 4) is 0 Å². The van der Waals surface area contributed by atoms with Crippen LogP contribution in [0.25, 0.3) is 0 Å². The molecule has 1 rings (SSSR count). The molecule has 1 atom stereocenters. The lowest BCUT2D eigenvalue weighted by Crippen LogP contribution is -2.29. The lowest BCUT2D eigenvalue weighted by atomic mass is 10.1. The third-order valence-electron chi connectivity index (χ3n) is 3.68. The Morgan fingerprint density at radius 3 is 2.83 bits per heavy atom. The monoisotopic (exact) mass is 272 g/mol. The van der Waals surface area contributed by atoms with Gasteiger partial charge >= 0.3 is 0 Å². The minimum absolute atomic E-state index is 0.777. The number of nitrogens with zero attached hydrogens (tertiary/aromatic N) is 1. The highest BCUT2D eigenvalue weighted by Crippen LogP contribution is 2.16. The molecule has 1 heterocycles. The number of unbranched alkanes of at least 4 members (excludes halogenated alkanes) is 2. The maximum Gasteiger partial charge on any atom is 0.00223 e. The predicted molar refractivity (Wildman–Crippen MR) is 84.5 cm³/mol. The number of likely N-dealkylation sites (tertiary alicyclic amines) is 1. The number of hydrogen-bond donors (Lipinski definition) is 1. The van der Waals surface area contributed by atoms with Crippen molar-refractivity contribution in [2.24, 2.45) is 11.8 Å². The largest absolute Gasteiger partial charge is 0.316 e. The van der Waals surface area contributed by atoms with Crippen molar-refractivity contribution in [3.63, 3.8) is 0 Å². The van der Waals surface area contributed by atoms with E-state index >= 15 is 0 Å². The fourth-order valence-electron chi connectivity index (χ4n) is 2.62. The second-order valence-corrected chi connectivity index (χ2v) is 7.05. The van der Waals surface area contributed by atoms with Gasteiger partial charge in [0.25, 0.3) is 0 Å². The molecule has 18 heavy (non-hydrogen) atoms. The van der Waals surface area contributed by atoms with Gasteiger partial charge in [0.1, 0.15) is 0 Å². The van der Waals surface area contributed by atoms with Crippen molar-refractivity contribution in [1.29, 1.82) is 0 Å². The third kappa shape index (κ3) is 7.65. The van der Waals surface area contributed by atoms with Crippen molar-refractivity contribution in [3.05, 3.63) is 0 Å². The van der Waals surface area contributed by atoms with Crippen molar-refractivity contribution < 1.29 is 0 Å². The summed E-state index contributed by atoms with van der Waals surface area (Å²) in [4.78, 5) is 2.67. The zero-order valence-corrected chi connectivity index (χ0v) is 13.4. The predicted octanol–water partition coefficient (Wildman–Crippen LogP) is 3.09. The highest BCUT2D eigenvalue weighted by atomic mass is 32.2. The topological polar surface area (TPSA) is 15.3 Å². The number of thioether (sulfide) groups is 1. The molecule has 0 aromatic carbocycles. The summed E-state index contributed by atoms with van der Waals surface area (Å²) < 4.78 is 0. The fourth-order valence-corrected chi connectivity index (χ4v) is 3.11. The molecular weight excluding hydrogens is 240 g/mol. The molecule has 0 amide bonds. The summed E-state index contributed by atoms with van der Waals surface area (Å²) in [5, 5.41) is 3.60. The lowest BCUT2D eigenvalue weighted by Gasteiger charge is -2.16. The second-order valence-electron chi connectivity index (χ2n) is 6.06. The summed E-state index contributed by atoms with van der Waals surface area (Å²) >= 11 is 1.97. The van der Waals surface area contributed by atoms with E-state index in [9.17, 15) is 0 Å². The first-order valence-electron chi connectivity index (χ1n) is 7.64. The minimum Gasteiger partial charge on any atom is -0.316 e. The van der Waals surface area contributed by atoms with Gasteiger partial charge in [0, 0.05) is 6.54 Å². The first kappa shape index (κ1) is 16.3. The van der Waals surface area contributed by atoms with Crippen LogP contribution in [0.15, 0.2) is 0 Å². The van der Waals surface area contributed by atoms with E-state index in [1.807, 2.05) is 11.8 Å². The van der Waals surface area contributed by atoms with Gasteiger partial charge in [-0.2, -0.15) is 11.8 Å². The van der Waals surface area contributed by atoms with Gasteiger partial charge < -0.3 is 10.2 Å². The summed E-state index contributed by atoms with van der Waals surface area (Å²) in [6.07, 6.45) is 7.81. The molecule has 1 aliphatic heterocycles. The van der Waals surface area contributed by atoms with E-state index in [2.05, 4.69) is 30.3 Å². The molecule has 0 aromatic heterocycles. The Bertz CT molecular complexity index is 197. The minimum atomic E-state index is 0.777. The Balaban J connectivity index is 1.96. The van der Waals surface area contributed by atoms with Crippen LogP contribution in [0.3, 0.4) is 0 Å². The summed E-state index contributed by atoms with van der Waals surface area (Å²) in [5.41, 5.74) is 0. The second kappa shape index (κ2) is 10.1. The van der Waals surface area contributed by atoms with Gasteiger partial charge in [-0.25, -0.2) is 0 Å².